The van der Waals surface area contributed by atoms with Crippen LogP contribution in [0.25, 0.3) is 22.3 Å². The number of anilines is 4. The molecule has 5 saturated heterocycles. The number of aromatic nitrogens is 3. The number of piperidine rings is 5. The van der Waals surface area contributed by atoms with Gasteiger partial charge in [0, 0.05) is 99.0 Å². The fraction of sp³-hybridized carbons (Fsp3) is 0.522. The van der Waals surface area contributed by atoms with E-state index < -0.39 is 40.9 Å². The van der Waals surface area contributed by atoms with Crippen LogP contribution in [0.3, 0.4) is 0 Å². The highest BCUT2D eigenvalue weighted by molar-refractivity contribution is 6.25. The van der Waals surface area contributed by atoms with Crippen molar-refractivity contribution >= 4 is 81.2 Å². The van der Waals surface area contributed by atoms with Crippen molar-refractivity contribution in [1.82, 2.24) is 44.8 Å². The Kier molecular flexibility index (Phi) is 15.7. The summed E-state index contributed by atoms with van der Waals surface area (Å²) < 4.78 is 18.0. The molecule has 3 aromatic carbocycles. The number of pyridine rings is 1. The molecule has 1 unspecified atom stereocenters. The zero-order chi connectivity index (χ0) is 61.4. The molecule has 462 valence electrons. The molecule has 1 aliphatic carbocycles. The third-order valence-corrected chi connectivity index (χ3v) is 20.4. The lowest BCUT2D eigenvalue weighted by molar-refractivity contribution is -0.143. The molecule has 3 N–H and O–H groups in total. The van der Waals surface area contributed by atoms with Gasteiger partial charge in [0.15, 0.2) is 5.82 Å². The molecule has 1 saturated carbocycles. The van der Waals surface area contributed by atoms with Gasteiger partial charge in [0.05, 0.1) is 45.5 Å². The first-order valence-electron chi connectivity index (χ1n) is 32.0. The van der Waals surface area contributed by atoms with Gasteiger partial charge in [-0.1, -0.05) is 24.6 Å². The molecule has 1 spiro atoms. The van der Waals surface area contributed by atoms with Crippen molar-refractivity contribution in [3.05, 3.63) is 94.6 Å². The van der Waals surface area contributed by atoms with Crippen LogP contribution in [0.4, 0.5) is 27.3 Å². The van der Waals surface area contributed by atoms with Crippen LogP contribution in [0.1, 0.15) is 166 Å². The van der Waals surface area contributed by atoms with Crippen LogP contribution in [0, 0.1) is 24.6 Å². The average Bonchev–Trinajstić information content (AvgIpc) is 1.59. The second kappa shape index (κ2) is 23.5. The molecule has 7 aliphatic heterocycles. The average molecular weight is 1200 g/mol. The standard InChI is InChI=1S/C67H79FN12O8/c1-38(2)70-61(83)47-35-51(49(68)30-40(47)5)72-60-59-52(69-37-78(59)39(3)4)36-50(71-60)43-12-13-48-55(32-43)79(45-33-44(34-45)74-22-7-6-8-23-74)66(88)67(48)20-28-77(29-21-67)63(85)42-18-26-76(27-19-42)57(82)31-41-16-24-75(25-17-41)53-11-9-10-46-58(53)65(87)80(64(46)86)54-14-15-56(81)73-62(54)84/h9-13,30,32,35-39,41-42,44-45,54H,6-8,14-29,31,33-34H2,1-5H3,(H,70,83)(H,71,72)(H,73,81,84). The molecule has 21 heteroatoms. The van der Waals surface area contributed by atoms with Crippen molar-refractivity contribution in [3.8, 4) is 11.3 Å². The largest absolute Gasteiger partial charge is 0.371 e. The van der Waals surface area contributed by atoms with Crippen molar-refractivity contribution in [3.63, 3.8) is 0 Å². The number of hydrogen-bond acceptors (Lipinski definition) is 13. The number of nitrogens with one attached hydrogen (secondary N) is 3. The maximum absolute atomic E-state index is 16.0. The summed E-state index contributed by atoms with van der Waals surface area (Å²) in [5.41, 5.74) is 5.85. The second-order valence-electron chi connectivity index (χ2n) is 26.5. The van der Waals surface area contributed by atoms with Gasteiger partial charge in [-0.15, -0.1) is 0 Å². The first kappa shape index (κ1) is 58.9. The van der Waals surface area contributed by atoms with E-state index in [0.29, 0.717) is 130 Å². The highest BCUT2D eigenvalue weighted by Gasteiger charge is 2.56. The number of fused-ring (bicyclic) bond motifs is 4. The van der Waals surface area contributed by atoms with E-state index in [4.69, 9.17) is 9.97 Å². The molecule has 20 nitrogen and oxygen atoms in total. The Labute approximate surface area is 511 Å². The summed E-state index contributed by atoms with van der Waals surface area (Å²) in [6.45, 7) is 14.7. The van der Waals surface area contributed by atoms with Crippen LogP contribution in [0.15, 0.2) is 60.9 Å². The van der Waals surface area contributed by atoms with E-state index in [0.717, 1.165) is 47.6 Å². The summed E-state index contributed by atoms with van der Waals surface area (Å²) in [5.74, 6) is -2.46. The summed E-state index contributed by atoms with van der Waals surface area (Å²) in [6.07, 6.45) is 11.2. The Morgan fingerprint density at radius 3 is 2.22 bits per heavy atom. The molecule has 0 bridgehead atoms. The molecular weight excluding hydrogens is 1120 g/mol. The lowest BCUT2D eigenvalue weighted by Gasteiger charge is -2.48. The number of benzene rings is 3. The van der Waals surface area contributed by atoms with Crippen molar-refractivity contribution in [1.29, 1.82) is 0 Å². The topological polar surface area (TPSA) is 223 Å². The number of aryl methyl sites for hydroxylation is 1. The number of carbonyl (C=O) groups excluding carboxylic acids is 8. The summed E-state index contributed by atoms with van der Waals surface area (Å²) in [5, 5.41) is 8.46. The Morgan fingerprint density at radius 1 is 0.773 bits per heavy atom. The van der Waals surface area contributed by atoms with Crippen LogP contribution in [-0.2, 0) is 29.4 Å². The Bertz CT molecular complexity index is 3680. The molecule has 8 aliphatic rings. The number of carbonyl (C=O) groups is 8. The van der Waals surface area contributed by atoms with E-state index in [1.165, 1.54) is 31.4 Å². The van der Waals surface area contributed by atoms with Gasteiger partial charge >= 0.3 is 0 Å². The third kappa shape index (κ3) is 10.6. The van der Waals surface area contributed by atoms with E-state index in [2.05, 4.69) is 42.8 Å². The van der Waals surface area contributed by atoms with Crippen LogP contribution in [-0.4, -0.2) is 158 Å². The molecule has 6 fully saturated rings. The maximum Gasteiger partial charge on any atom is 0.264 e. The van der Waals surface area contributed by atoms with Crippen LogP contribution in [0.2, 0.25) is 0 Å². The summed E-state index contributed by atoms with van der Waals surface area (Å²) in [7, 11) is 0. The molecule has 8 amide bonds. The quantitative estimate of drug-likeness (QED) is 0.0948. The van der Waals surface area contributed by atoms with Gasteiger partial charge in [0.2, 0.25) is 29.5 Å². The normalized spacial score (nSPS) is 22.7. The van der Waals surface area contributed by atoms with E-state index >= 15 is 9.18 Å². The summed E-state index contributed by atoms with van der Waals surface area (Å²) in [4.78, 5) is 130. The minimum atomic E-state index is -1.04. The Balaban J connectivity index is 0.674. The fourth-order valence-electron chi connectivity index (χ4n) is 15.4. The molecule has 9 heterocycles. The van der Waals surface area contributed by atoms with Crippen LogP contribution >= 0.6 is 0 Å². The SMILES string of the molecule is Cc1cc(F)c(Nc2nc(-c3ccc4c(c3)N(C3CC(N5CCCCC5)C3)C(=O)C43CCN(C(=O)C4CCN(C(=O)CC5CCN(c6cccc7c6C(=O)N(C6CCC(=O)NC6=O)C7=O)CC5)CC4)CC3)cc3ncn(C(C)C)c23)cc1C(=O)NC(C)C. The maximum atomic E-state index is 16.0. The van der Waals surface area contributed by atoms with Crippen molar-refractivity contribution in [2.45, 2.75) is 160 Å². The van der Waals surface area contributed by atoms with Crippen molar-refractivity contribution in [2.24, 2.45) is 11.8 Å². The zero-order valence-corrected chi connectivity index (χ0v) is 51.0. The van der Waals surface area contributed by atoms with E-state index in [1.807, 2.05) is 60.3 Å². The lowest BCUT2D eigenvalue weighted by atomic mass is 9.73. The smallest absolute Gasteiger partial charge is 0.264 e. The molecule has 5 aromatic rings. The number of likely N-dealkylation sites (tertiary alicyclic amines) is 3. The van der Waals surface area contributed by atoms with E-state index in [-0.39, 0.29) is 83.2 Å². The van der Waals surface area contributed by atoms with Gasteiger partial charge in [-0.3, -0.25) is 48.6 Å². The number of rotatable bonds is 13. The second-order valence-corrected chi connectivity index (χ2v) is 26.5. The fourth-order valence-corrected chi connectivity index (χ4v) is 15.4. The van der Waals surface area contributed by atoms with Gasteiger partial charge in [-0.25, -0.2) is 14.4 Å². The molecule has 2 aromatic heterocycles. The van der Waals surface area contributed by atoms with E-state index in [9.17, 15) is 33.6 Å². The minimum Gasteiger partial charge on any atom is -0.371 e. The number of amides is 8. The number of imide groups is 2. The molecule has 13 rings (SSSR count). The van der Waals surface area contributed by atoms with Crippen molar-refractivity contribution < 1.29 is 42.7 Å². The highest BCUT2D eigenvalue weighted by atomic mass is 19.1. The molecule has 88 heavy (non-hydrogen) atoms. The van der Waals surface area contributed by atoms with Crippen LogP contribution < -0.4 is 25.8 Å². The summed E-state index contributed by atoms with van der Waals surface area (Å²) in [6, 6.07) is 15.5. The van der Waals surface area contributed by atoms with E-state index in [1.54, 1.807) is 25.4 Å². The number of imidazole rings is 1. The first-order chi connectivity index (χ1) is 42.3. The lowest BCUT2D eigenvalue weighted by Crippen LogP contribution is -2.58. The van der Waals surface area contributed by atoms with Crippen LogP contribution in [0.5, 0.6) is 0 Å². The number of nitrogens with zero attached hydrogens (tertiary/aromatic N) is 9. The number of hydrogen-bond donors (Lipinski definition) is 3. The Morgan fingerprint density at radius 2 is 1.51 bits per heavy atom. The summed E-state index contributed by atoms with van der Waals surface area (Å²) >= 11 is 0. The molecule has 1 atom stereocenters. The minimum absolute atomic E-state index is 0.00189. The predicted octanol–water partition coefficient (Wildman–Crippen LogP) is 8.18. The highest BCUT2D eigenvalue weighted by Crippen LogP contribution is 2.53. The molecular formula is C67H79FN12O8. The Hall–Kier alpha value is -8.07. The predicted molar refractivity (Wildman–Crippen MR) is 330 cm³/mol. The van der Waals surface area contributed by atoms with Gasteiger partial charge in [0.1, 0.15) is 17.4 Å². The molecule has 0 radical (unpaired) electrons. The first-order valence-corrected chi connectivity index (χ1v) is 32.0. The van der Waals surface area contributed by atoms with Crippen molar-refractivity contribution in [2.75, 3.05) is 67.5 Å². The zero-order valence-electron chi connectivity index (χ0n) is 51.0. The van der Waals surface area contributed by atoms with Gasteiger partial charge in [-0.05, 0) is 172 Å². The van der Waals surface area contributed by atoms with Gasteiger partial charge in [-0.2, -0.15) is 0 Å². The van der Waals surface area contributed by atoms with Gasteiger partial charge < -0.3 is 39.7 Å². The monoisotopic (exact) mass is 1200 g/mol. The van der Waals surface area contributed by atoms with Gasteiger partial charge in [0.25, 0.3) is 17.7 Å². The number of halogens is 1. The third-order valence-electron chi connectivity index (χ3n) is 20.4.